The molecule has 0 bridgehead atoms. The van der Waals surface area contributed by atoms with Crippen LogP contribution in [0.2, 0.25) is 0 Å². The van der Waals surface area contributed by atoms with Crippen LogP contribution in [0.25, 0.3) is 0 Å². The van der Waals surface area contributed by atoms with Gasteiger partial charge in [-0.25, -0.2) is 0 Å². The Morgan fingerprint density at radius 2 is 1.86 bits per heavy atom. The molecule has 0 N–H and O–H groups in total. The molecule has 1 aliphatic rings. The Hall–Kier alpha value is -2.96. The first-order chi connectivity index (χ1) is 13.2. The van der Waals surface area contributed by atoms with Crippen molar-refractivity contribution < 1.29 is 23.9 Å². The Morgan fingerprint density at radius 3 is 2.50 bits per heavy atom. The Kier molecular flexibility index (Phi) is 7.09. The summed E-state index contributed by atoms with van der Waals surface area (Å²) >= 11 is 0. The van der Waals surface area contributed by atoms with E-state index in [0.29, 0.717) is 24.2 Å². The zero-order valence-electron chi connectivity index (χ0n) is 16.6. The van der Waals surface area contributed by atoms with Crippen molar-refractivity contribution in [2.24, 2.45) is 0 Å². The van der Waals surface area contributed by atoms with Crippen molar-refractivity contribution >= 4 is 23.7 Å². The summed E-state index contributed by atoms with van der Waals surface area (Å²) in [4.78, 5) is 51.3. The van der Waals surface area contributed by atoms with Crippen LogP contribution in [0.15, 0.2) is 30.4 Å². The van der Waals surface area contributed by atoms with Crippen molar-refractivity contribution in [2.45, 2.75) is 33.6 Å². The van der Waals surface area contributed by atoms with Gasteiger partial charge < -0.3 is 9.64 Å². The van der Waals surface area contributed by atoms with Gasteiger partial charge in [0.05, 0.1) is 11.1 Å². The number of carbonyl (C=O) groups excluding carboxylic acids is 4. The SMILES string of the molecule is C=C(C)CN(CC)C(=O)COC(=O)CCCN1C(=O)c2ccc(C)cc2C1=O. The molecule has 0 aliphatic carbocycles. The van der Waals surface area contributed by atoms with Crippen LogP contribution >= 0.6 is 0 Å². The smallest absolute Gasteiger partial charge is 0.306 e. The highest BCUT2D eigenvalue weighted by atomic mass is 16.5. The number of carbonyl (C=O) groups is 4. The molecule has 0 radical (unpaired) electrons. The van der Waals surface area contributed by atoms with E-state index in [2.05, 4.69) is 6.58 Å². The van der Waals surface area contributed by atoms with Gasteiger partial charge in [-0.1, -0.05) is 23.8 Å². The largest absolute Gasteiger partial charge is 0.456 e. The highest BCUT2D eigenvalue weighted by Gasteiger charge is 2.35. The Balaban J connectivity index is 1.78. The van der Waals surface area contributed by atoms with Crippen molar-refractivity contribution in [3.05, 3.63) is 47.0 Å². The standard InChI is InChI=1S/C21H26N2O5/c1-5-22(12-14(2)3)18(24)13-28-19(25)7-6-10-23-20(26)16-9-8-15(4)11-17(16)21(23)27/h8-9,11H,2,5-7,10,12-13H2,1,3-4H3. The van der Waals surface area contributed by atoms with E-state index in [1.54, 1.807) is 23.1 Å². The van der Waals surface area contributed by atoms with Gasteiger partial charge in [0.1, 0.15) is 0 Å². The lowest BCUT2D eigenvalue weighted by atomic mass is 10.1. The van der Waals surface area contributed by atoms with Crippen LogP contribution in [-0.2, 0) is 14.3 Å². The number of likely N-dealkylation sites (N-methyl/N-ethyl adjacent to an activating group) is 1. The maximum absolute atomic E-state index is 12.4. The van der Waals surface area contributed by atoms with Crippen LogP contribution in [0.3, 0.4) is 0 Å². The van der Waals surface area contributed by atoms with Gasteiger partial charge in [-0.3, -0.25) is 24.1 Å². The van der Waals surface area contributed by atoms with Crippen molar-refractivity contribution in [3.8, 4) is 0 Å². The lowest BCUT2D eigenvalue weighted by Gasteiger charge is -2.20. The number of amides is 3. The van der Waals surface area contributed by atoms with E-state index >= 15 is 0 Å². The highest BCUT2D eigenvalue weighted by molar-refractivity contribution is 6.21. The Labute approximate surface area is 164 Å². The van der Waals surface area contributed by atoms with Gasteiger partial charge in [0, 0.05) is 26.1 Å². The number of fused-ring (bicyclic) bond motifs is 1. The quantitative estimate of drug-likeness (QED) is 0.369. The monoisotopic (exact) mass is 386 g/mol. The predicted molar refractivity (Wildman–Crippen MR) is 104 cm³/mol. The molecule has 1 aromatic rings. The topological polar surface area (TPSA) is 84.0 Å². The van der Waals surface area contributed by atoms with E-state index in [1.807, 2.05) is 20.8 Å². The van der Waals surface area contributed by atoms with Gasteiger partial charge in [-0.2, -0.15) is 0 Å². The number of hydrogen-bond donors (Lipinski definition) is 0. The minimum absolute atomic E-state index is 0.0202. The van der Waals surface area contributed by atoms with Gasteiger partial charge in [-0.05, 0) is 39.3 Å². The number of benzene rings is 1. The fourth-order valence-corrected chi connectivity index (χ4v) is 3.00. The lowest BCUT2D eigenvalue weighted by molar-refractivity contribution is -0.151. The molecule has 0 spiro atoms. The molecule has 0 atom stereocenters. The fraction of sp³-hybridized carbons (Fsp3) is 0.429. The van der Waals surface area contributed by atoms with Gasteiger partial charge in [0.15, 0.2) is 6.61 Å². The fourth-order valence-electron chi connectivity index (χ4n) is 3.00. The third-order valence-electron chi connectivity index (χ3n) is 4.44. The zero-order valence-corrected chi connectivity index (χ0v) is 16.6. The van der Waals surface area contributed by atoms with Crippen LogP contribution in [0.1, 0.15) is 53.0 Å². The molecule has 0 saturated carbocycles. The predicted octanol–water partition coefficient (Wildman–Crippen LogP) is 2.34. The third-order valence-corrected chi connectivity index (χ3v) is 4.44. The van der Waals surface area contributed by atoms with Gasteiger partial charge in [-0.15, -0.1) is 0 Å². The number of nitrogens with zero attached hydrogens (tertiary/aromatic N) is 2. The summed E-state index contributed by atoms with van der Waals surface area (Å²) in [6, 6.07) is 5.13. The summed E-state index contributed by atoms with van der Waals surface area (Å²) < 4.78 is 5.02. The number of esters is 1. The van der Waals surface area contributed by atoms with Crippen LogP contribution in [0, 0.1) is 6.92 Å². The van der Waals surface area contributed by atoms with Crippen molar-refractivity contribution in [1.82, 2.24) is 9.80 Å². The molecule has 7 nitrogen and oxygen atoms in total. The van der Waals surface area contributed by atoms with Crippen LogP contribution < -0.4 is 0 Å². The molecule has 3 amide bonds. The molecule has 1 aromatic carbocycles. The first-order valence-corrected chi connectivity index (χ1v) is 9.29. The summed E-state index contributed by atoms with van der Waals surface area (Å²) in [5.41, 5.74) is 2.54. The summed E-state index contributed by atoms with van der Waals surface area (Å²) in [5.74, 6) is -1.51. The van der Waals surface area contributed by atoms with Crippen molar-refractivity contribution in [1.29, 1.82) is 0 Å². The third kappa shape index (κ3) is 5.06. The summed E-state index contributed by atoms with van der Waals surface area (Å²) in [7, 11) is 0. The van der Waals surface area contributed by atoms with Crippen molar-refractivity contribution in [3.63, 3.8) is 0 Å². The molecular formula is C21H26N2O5. The van der Waals surface area contributed by atoms with E-state index < -0.39 is 5.97 Å². The average Bonchev–Trinajstić information content (AvgIpc) is 2.88. The lowest BCUT2D eigenvalue weighted by Crippen LogP contribution is -2.35. The molecule has 0 fully saturated rings. The zero-order chi connectivity index (χ0) is 20.8. The van der Waals surface area contributed by atoms with Crippen LogP contribution in [0.5, 0.6) is 0 Å². The number of ether oxygens (including phenoxy) is 1. The molecule has 28 heavy (non-hydrogen) atoms. The Bertz CT molecular complexity index is 815. The molecule has 0 saturated heterocycles. The van der Waals surface area contributed by atoms with E-state index in [0.717, 1.165) is 16.0 Å². The second kappa shape index (κ2) is 9.30. The number of imide groups is 1. The molecule has 0 aromatic heterocycles. The summed E-state index contributed by atoms with van der Waals surface area (Å²) in [6.07, 6.45) is 0.299. The second-order valence-corrected chi connectivity index (χ2v) is 6.94. The summed E-state index contributed by atoms with van der Waals surface area (Å²) in [6.45, 7) is 10.0. The van der Waals surface area contributed by atoms with Crippen molar-refractivity contribution in [2.75, 3.05) is 26.2 Å². The molecule has 7 heteroatoms. The van der Waals surface area contributed by atoms with Gasteiger partial charge >= 0.3 is 5.97 Å². The first kappa shape index (κ1) is 21.3. The molecule has 2 rings (SSSR count). The van der Waals surface area contributed by atoms with Gasteiger partial charge in [0.25, 0.3) is 17.7 Å². The van der Waals surface area contributed by atoms with Crippen LogP contribution in [-0.4, -0.2) is 59.7 Å². The minimum Gasteiger partial charge on any atom is -0.456 e. The van der Waals surface area contributed by atoms with E-state index in [-0.39, 0.29) is 43.7 Å². The van der Waals surface area contributed by atoms with E-state index in [4.69, 9.17) is 4.74 Å². The molecular weight excluding hydrogens is 360 g/mol. The average molecular weight is 386 g/mol. The highest BCUT2D eigenvalue weighted by Crippen LogP contribution is 2.24. The number of aryl methyl sites for hydroxylation is 1. The molecule has 150 valence electrons. The van der Waals surface area contributed by atoms with Gasteiger partial charge in [0.2, 0.25) is 0 Å². The second-order valence-electron chi connectivity index (χ2n) is 6.94. The maximum atomic E-state index is 12.4. The minimum atomic E-state index is -0.535. The first-order valence-electron chi connectivity index (χ1n) is 9.29. The number of rotatable bonds is 9. The molecule has 1 heterocycles. The Morgan fingerprint density at radius 1 is 1.18 bits per heavy atom. The van der Waals surface area contributed by atoms with E-state index in [1.165, 1.54) is 0 Å². The normalized spacial score (nSPS) is 12.8. The van der Waals surface area contributed by atoms with Crippen LogP contribution in [0.4, 0.5) is 0 Å². The summed E-state index contributed by atoms with van der Waals surface area (Å²) in [5, 5.41) is 0. The van der Waals surface area contributed by atoms with E-state index in [9.17, 15) is 19.2 Å². The molecule has 0 unspecified atom stereocenters. The maximum Gasteiger partial charge on any atom is 0.306 e. The molecule has 1 aliphatic heterocycles. The number of hydrogen-bond acceptors (Lipinski definition) is 5.